The van der Waals surface area contributed by atoms with Crippen LogP contribution >= 0.6 is 0 Å². The molecule has 0 fully saturated rings. The highest BCUT2D eigenvalue weighted by Crippen LogP contribution is 2.44. The molecule has 0 unspecified atom stereocenters. The maximum Gasteiger partial charge on any atom is 0.326 e. The molecule has 1 N–H and O–H groups in total. The van der Waals surface area contributed by atoms with E-state index < -0.39 is 12.0 Å². The van der Waals surface area contributed by atoms with Crippen molar-refractivity contribution < 1.29 is 9.90 Å². The number of carbonyl (C=O) groups is 1. The number of carboxylic acids is 1. The van der Waals surface area contributed by atoms with Crippen LogP contribution in [0.5, 0.6) is 0 Å². The van der Waals surface area contributed by atoms with Gasteiger partial charge in [-0.15, -0.1) is 0 Å². The van der Waals surface area contributed by atoms with Gasteiger partial charge in [-0.2, -0.15) is 0 Å². The molecule has 1 aliphatic rings. The maximum absolute atomic E-state index is 11.6. The second kappa shape index (κ2) is 4.87. The third-order valence-corrected chi connectivity index (χ3v) is 4.17. The van der Waals surface area contributed by atoms with E-state index in [1.165, 1.54) is 5.56 Å². The van der Waals surface area contributed by atoms with Gasteiger partial charge in [0.2, 0.25) is 0 Å². The number of benzene rings is 1. The molecule has 0 radical (unpaired) electrons. The molecular weight excluding hydrogens is 238 g/mol. The van der Waals surface area contributed by atoms with Gasteiger partial charge < -0.3 is 10.0 Å². The van der Waals surface area contributed by atoms with Crippen LogP contribution in [-0.4, -0.2) is 22.7 Å². The number of fused-ring (bicyclic) bond motifs is 1. The maximum atomic E-state index is 11.6. The lowest BCUT2D eigenvalue weighted by Gasteiger charge is -2.50. The molecule has 1 heterocycles. The number of aliphatic carboxylic acids is 1. The van der Waals surface area contributed by atoms with Crippen LogP contribution in [-0.2, 0) is 4.79 Å². The summed E-state index contributed by atoms with van der Waals surface area (Å²) >= 11 is 0. The Morgan fingerprint density at radius 2 is 2.11 bits per heavy atom. The molecule has 0 saturated carbocycles. The number of hydrogen-bond acceptors (Lipinski definition) is 2. The molecule has 0 aromatic heterocycles. The van der Waals surface area contributed by atoms with Crippen molar-refractivity contribution in [2.24, 2.45) is 0 Å². The second-order valence-corrected chi connectivity index (χ2v) is 6.11. The molecule has 2 atom stereocenters. The summed E-state index contributed by atoms with van der Waals surface area (Å²) in [6, 6.07) is 7.75. The molecule has 0 amide bonds. The van der Waals surface area contributed by atoms with Crippen LogP contribution in [0.25, 0.3) is 0 Å². The Morgan fingerprint density at radius 3 is 2.68 bits per heavy atom. The van der Waals surface area contributed by atoms with Gasteiger partial charge in [-0.3, -0.25) is 0 Å². The van der Waals surface area contributed by atoms with E-state index in [9.17, 15) is 9.90 Å². The summed E-state index contributed by atoms with van der Waals surface area (Å²) in [6.45, 7) is 8.45. The van der Waals surface area contributed by atoms with Gasteiger partial charge in [-0.05, 0) is 44.2 Å². The summed E-state index contributed by atoms with van der Waals surface area (Å²) in [6.07, 6.45) is 1.59. The highest BCUT2D eigenvalue weighted by Gasteiger charge is 2.41. The fourth-order valence-electron chi connectivity index (χ4n) is 3.46. The van der Waals surface area contributed by atoms with Gasteiger partial charge in [-0.25, -0.2) is 4.79 Å². The molecule has 0 saturated heterocycles. The van der Waals surface area contributed by atoms with Gasteiger partial charge in [0.05, 0.1) is 0 Å². The topological polar surface area (TPSA) is 40.5 Å². The Hall–Kier alpha value is -1.51. The first-order valence-electron chi connectivity index (χ1n) is 6.99. The van der Waals surface area contributed by atoms with Gasteiger partial charge >= 0.3 is 5.97 Å². The minimum Gasteiger partial charge on any atom is -0.480 e. The number of anilines is 1. The molecule has 3 nitrogen and oxygen atoms in total. The van der Waals surface area contributed by atoms with E-state index >= 15 is 0 Å². The first-order chi connectivity index (χ1) is 8.88. The van der Waals surface area contributed by atoms with Gasteiger partial charge in [0.25, 0.3) is 0 Å². The van der Waals surface area contributed by atoms with Crippen molar-refractivity contribution in [3.8, 4) is 0 Å². The van der Waals surface area contributed by atoms with Gasteiger partial charge in [0.1, 0.15) is 6.04 Å². The van der Waals surface area contributed by atoms with Gasteiger partial charge in [0, 0.05) is 11.2 Å². The number of rotatable bonds is 3. The highest BCUT2D eigenvalue weighted by molar-refractivity contribution is 5.80. The molecule has 3 heteroatoms. The summed E-state index contributed by atoms with van der Waals surface area (Å²) < 4.78 is 0. The first-order valence-corrected chi connectivity index (χ1v) is 6.99. The van der Waals surface area contributed by atoms with Crippen LogP contribution in [0.1, 0.15) is 52.0 Å². The summed E-state index contributed by atoms with van der Waals surface area (Å²) in [5.74, 6) is -0.270. The molecule has 0 bridgehead atoms. The van der Waals surface area contributed by atoms with Crippen LogP contribution < -0.4 is 4.90 Å². The third-order valence-electron chi connectivity index (χ3n) is 4.17. The smallest absolute Gasteiger partial charge is 0.326 e. The van der Waals surface area contributed by atoms with Crippen LogP contribution in [0.2, 0.25) is 0 Å². The van der Waals surface area contributed by atoms with Crippen molar-refractivity contribution in [1.29, 1.82) is 0 Å². The van der Waals surface area contributed by atoms with Crippen LogP contribution in [0.3, 0.4) is 0 Å². The summed E-state index contributed by atoms with van der Waals surface area (Å²) in [5.41, 5.74) is 2.22. The molecule has 104 valence electrons. The van der Waals surface area contributed by atoms with Gasteiger partial charge in [0.15, 0.2) is 0 Å². The zero-order valence-electron chi connectivity index (χ0n) is 12.2. The lowest BCUT2D eigenvalue weighted by molar-refractivity contribution is -0.139. The predicted octanol–water partition coefficient (Wildman–Crippen LogP) is 3.64. The predicted molar refractivity (Wildman–Crippen MR) is 77.7 cm³/mol. The molecule has 1 aliphatic heterocycles. The van der Waals surface area contributed by atoms with E-state index in [2.05, 4.69) is 37.8 Å². The first kappa shape index (κ1) is 13.9. The monoisotopic (exact) mass is 261 g/mol. The normalized spacial score (nSPS) is 22.7. The van der Waals surface area contributed by atoms with Crippen LogP contribution in [0.4, 0.5) is 5.69 Å². The Balaban J connectivity index is 2.56. The fourth-order valence-corrected chi connectivity index (χ4v) is 3.46. The Morgan fingerprint density at radius 1 is 1.47 bits per heavy atom. The number of para-hydroxylation sites is 1. The molecule has 19 heavy (non-hydrogen) atoms. The molecule has 2 rings (SSSR count). The standard InChI is InChI=1S/C16H23NO2/c1-5-13(15(18)19)17-14-9-7-6-8-12(14)11(2)10-16(17,3)4/h6-9,11,13H,5,10H2,1-4H3,(H,18,19)/t11-,13+/m0/s1. The largest absolute Gasteiger partial charge is 0.480 e. The van der Waals surface area contributed by atoms with E-state index in [4.69, 9.17) is 0 Å². The average Bonchev–Trinajstić information content (AvgIpc) is 2.33. The third kappa shape index (κ3) is 2.34. The Kier molecular flexibility index (Phi) is 3.57. The lowest BCUT2D eigenvalue weighted by atomic mass is 9.79. The van der Waals surface area contributed by atoms with Crippen molar-refractivity contribution in [2.75, 3.05) is 4.90 Å². The van der Waals surface area contributed by atoms with Crippen LogP contribution in [0, 0.1) is 0 Å². The SMILES string of the molecule is CC[C@H](C(=O)O)N1c2ccccc2[C@@H](C)CC1(C)C. The number of nitrogens with zero attached hydrogens (tertiary/aromatic N) is 1. The average molecular weight is 261 g/mol. The van der Waals surface area contributed by atoms with E-state index in [1.807, 2.05) is 19.1 Å². The zero-order chi connectivity index (χ0) is 14.2. The molecule has 1 aromatic rings. The second-order valence-electron chi connectivity index (χ2n) is 6.11. The molecule has 0 spiro atoms. The van der Waals surface area contributed by atoms with E-state index in [1.54, 1.807) is 0 Å². The number of hydrogen-bond donors (Lipinski definition) is 1. The van der Waals surface area contributed by atoms with Crippen molar-refractivity contribution in [3.05, 3.63) is 29.8 Å². The quantitative estimate of drug-likeness (QED) is 0.903. The minimum atomic E-state index is -0.736. The highest BCUT2D eigenvalue weighted by atomic mass is 16.4. The van der Waals surface area contributed by atoms with Crippen molar-refractivity contribution in [3.63, 3.8) is 0 Å². The summed E-state index contributed by atoms with van der Waals surface area (Å²) in [5, 5.41) is 9.51. The van der Waals surface area contributed by atoms with E-state index in [0.29, 0.717) is 12.3 Å². The molecular formula is C16H23NO2. The van der Waals surface area contributed by atoms with Crippen molar-refractivity contribution in [2.45, 2.75) is 58.0 Å². The lowest BCUT2D eigenvalue weighted by Crippen LogP contribution is -2.56. The Bertz CT molecular complexity index is 481. The van der Waals surface area contributed by atoms with Crippen molar-refractivity contribution >= 4 is 11.7 Å². The minimum absolute atomic E-state index is 0.132. The van der Waals surface area contributed by atoms with E-state index in [0.717, 1.165) is 12.1 Å². The summed E-state index contributed by atoms with van der Waals surface area (Å²) in [4.78, 5) is 13.7. The van der Waals surface area contributed by atoms with Crippen molar-refractivity contribution in [1.82, 2.24) is 0 Å². The molecule has 1 aromatic carbocycles. The van der Waals surface area contributed by atoms with Crippen LogP contribution in [0.15, 0.2) is 24.3 Å². The van der Waals surface area contributed by atoms with Gasteiger partial charge in [-0.1, -0.05) is 32.0 Å². The zero-order valence-corrected chi connectivity index (χ0v) is 12.2. The summed E-state index contributed by atoms with van der Waals surface area (Å²) in [7, 11) is 0. The molecule has 0 aliphatic carbocycles. The van der Waals surface area contributed by atoms with E-state index in [-0.39, 0.29) is 5.54 Å². The fraction of sp³-hybridized carbons (Fsp3) is 0.562. The number of carboxylic acid groups (broad SMARTS) is 1. The Labute approximate surface area is 115 Å².